The van der Waals surface area contributed by atoms with Gasteiger partial charge in [-0.2, -0.15) is 0 Å². The summed E-state index contributed by atoms with van der Waals surface area (Å²) < 4.78 is 5.52. The van der Waals surface area contributed by atoms with Gasteiger partial charge in [0, 0.05) is 17.7 Å². The molecule has 28 heavy (non-hydrogen) atoms. The molecule has 1 aromatic carbocycles. The molecule has 0 fully saturated rings. The maximum absolute atomic E-state index is 12.8. The van der Waals surface area contributed by atoms with Crippen LogP contribution in [0, 0.1) is 12.8 Å². The van der Waals surface area contributed by atoms with Crippen molar-refractivity contribution < 1.29 is 14.3 Å². The minimum Gasteiger partial charge on any atom is -0.461 e. The first-order valence-electron chi connectivity index (χ1n) is 10.5. The zero-order valence-electron chi connectivity index (χ0n) is 17.4. The number of nitrogens with one attached hydrogen (secondary N) is 1. The van der Waals surface area contributed by atoms with Crippen LogP contribution >= 0.6 is 0 Å². The number of hydrogen-bond donors (Lipinski definition) is 1. The number of ketones is 1. The van der Waals surface area contributed by atoms with Crippen molar-refractivity contribution >= 4 is 11.8 Å². The fourth-order valence-corrected chi connectivity index (χ4v) is 4.09. The largest absolute Gasteiger partial charge is 0.461 e. The van der Waals surface area contributed by atoms with Crippen molar-refractivity contribution in [3.8, 4) is 0 Å². The second kappa shape index (κ2) is 8.76. The van der Waals surface area contributed by atoms with Gasteiger partial charge >= 0.3 is 5.97 Å². The standard InChI is InChI=1S/C24H31NO3/c1-5-16(6-2)14-28-24(27)23-15(4)22-20(25-23)12-19(13-21(22)26)18-10-8-17(7-3)9-11-18/h8-11,16,19,25H,5-7,12-14H2,1-4H3. The summed E-state index contributed by atoms with van der Waals surface area (Å²) in [4.78, 5) is 28.6. The summed E-state index contributed by atoms with van der Waals surface area (Å²) in [5.41, 5.74) is 5.20. The van der Waals surface area contributed by atoms with Crippen molar-refractivity contribution in [2.24, 2.45) is 5.92 Å². The molecule has 0 saturated heterocycles. The number of benzene rings is 1. The van der Waals surface area contributed by atoms with Crippen LogP contribution in [0.4, 0.5) is 0 Å². The summed E-state index contributed by atoms with van der Waals surface area (Å²) in [7, 11) is 0. The number of aromatic amines is 1. The van der Waals surface area contributed by atoms with E-state index in [2.05, 4.69) is 50.0 Å². The lowest BCUT2D eigenvalue weighted by atomic mass is 9.81. The molecule has 2 aromatic rings. The zero-order valence-corrected chi connectivity index (χ0v) is 17.4. The van der Waals surface area contributed by atoms with E-state index in [1.54, 1.807) is 0 Å². The third kappa shape index (κ3) is 4.06. The number of fused-ring (bicyclic) bond motifs is 1. The topological polar surface area (TPSA) is 59.2 Å². The maximum atomic E-state index is 12.8. The van der Waals surface area contributed by atoms with Crippen molar-refractivity contribution in [2.45, 2.75) is 65.7 Å². The van der Waals surface area contributed by atoms with Gasteiger partial charge in [-0.05, 0) is 48.3 Å². The van der Waals surface area contributed by atoms with Gasteiger partial charge in [-0.1, -0.05) is 57.9 Å². The first kappa shape index (κ1) is 20.4. The fraction of sp³-hybridized carbons (Fsp3) is 0.500. The van der Waals surface area contributed by atoms with E-state index in [1.165, 1.54) is 11.1 Å². The first-order valence-corrected chi connectivity index (χ1v) is 10.5. The number of carbonyl (C=O) groups is 2. The van der Waals surface area contributed by atoms with Gasteiger partial charge in [-0.15, -0.1) is 0 Å². The minimum absolute atomic E-state index is 0.110. The van der Waals surface area contributed by atoms with Crippen molar-refractivity contribution in [2.75, 3.05) is 6.61 Å². The molecule has 1 heterocycles. The second-order valence-corrected chi connectivity index (χ2v) is 7.88. The monoisotopic (exact) mass is 381 g/mol. The molecule has 1 aliphatic rings. The summed E-state index contributed by atoms with van der Waals surface area (Å²) in [6.45, 7) is 8.61. The number of hydrogen-bond acceptors (Lipinski definition) is 3. The van der Waals surface area contributed by atoms with E-state index in [9.17, 15) is 9.59 Å². The molecule has 0 radical (unpaired) electrons. The number of rotatable bonds is 7. The second-order valence-electron chi connectivity index (χ2n) is 7.88. The molecule has 1 N–H and O–H groups in total. The Balaban J connectivity index is 1.79. The minimum atomic E-state index is -0.351. The molecule has 0 amide bonds. The molecule has 0 saturated carbocycles. The third-order valence-electron chi connectivity index (χ3n) is 6.16. The van der Waals surface area contributed by atoms with Gasteiger partial charge in [0.2, 0.25) is 0 Å². The van der Waals surface area contributed by atoms with Gasteiger partial charge in [0.1, 0.15) is 5.69 Å². The number of Topliss-reactive ketones (excluding diaryl/α,β-unsaturated/α-hetero) is 1. The summed E-state index contributed by atoms with van der Waals surface area (Å²) in [6, 6.07) is 8.52. The van der Waals surface area contributed by atoms with Crippen LogP contribution in [0.2, 0.25) is 0 Å². The van der Waals surface area contributed by atoms with Gasteiger partial charge in [0.25, 0.3) is 0 Å². The summed E-state index contributed by atoms with van der Waals surface area (Å²) in [5, 5.41) is 0. The number of H-pyrrole nitrogens is 1. The van der Waals surface area contributed by atoms with Crippen LogP contribution in [-0.2, 0) is 17.6 Å². The van der Waals surface area contributed by atoms with E-state index in [0.717, 1.165) is 36.9 Å². The molecule has 1 aromatic heterocycles. The lowest BCUT2D eigenvalue weighted by Gasteiger charge is -2.22. The van der Waals surface area contributed by atoms with Gasteiger partial charge < -0.3 is 9.72 Å². The molecule has 1 atom stereocenters. The highest BCUT2D eigenvalue weighted by Crippen LogP contribution is 2.35. The normalized spacial score (nSPS) is 16.3. The highest BCUT2D eigenvalue weighted by atomic mass is 16.5. The van der Waals surface area contributed by atoms with Crippen LogP contribution in [0.15, 0.2) is 24.3 Å². The smallest absolute Gasteiger partial charge is 0.355 e. The summed E-state index contributed by atoms with van der Waals surface area (Å²) in [6.07, 6.45) is 4.21. The third-order valence-corrected chi connectivity index (χ3v) is 6.16. The highest BCUT2D eigenvalue weighted by molar-refractivity contribution is 6.03. The van der Waals surface area contributed by atoms with Crippen molar-refractivity contribution in [3.05, 3.63) is 57.9 Å². The predicted octanol–water partition coefficient (Wildman–Crippen LogP) is 5.39. The van der Waals surface area contributed by atoms with Crippen LogP contribution < -0.4 is 0 Å². The fourth-order valence-electron chi connectivity index (χ4n) is 4.09. The van der Waals surface area contributed by atoms with Crippen LogP contribution in [0.25, 0.3) is 0 Å². The van der Waals surface area contributed by atoms with E-state index in [0.29, 0.717) is 30.2 Å². The Labute approximate surface area is 167 Å². The molecule has 1 aliphatic carbocycles. The molecule has 0 aliphatic heterocycles. The molecule has 150 valence electrons. The van der Waals surface area contributed by atoms with Crippen molar-refractivity contribution in [3.63, 3.8) is 0 Å². The van der Waals surface area contributed by atoms with Crippen LogP contribution in [-0.4, -0.2) is 23.3 Å². The quantitative estimate of drug-likeness (QED) is 0.654. The van der Waals surface area contributed by atoms with Gasteiger partial charge in [0.15, 0.2) is 5.78 Å². The Morgan fingerprint density at radius 1 is 1.14 bits per heavy atom. The molecular formula is C24H31NO3. The lowest BCUT2D eigenvalue weighted by molar-refractivity contribution is 0.0426. The Hall–Kier alpha value is -2.36. The molecular weight excluding hydrogens is 350 g/mol. The number of esters is 1. The van der Waals surface area contributed by atoms with E-state index in [-0.39, 0.29) is 17.7 Å². The van der Waals surface area contributed by atoms with E-state index >= 15 is 0 Å². The first-order chi connectivity index (χ1) is 13.5. The lowest BCUT2D eigenvalue weighted by Crippen LogP contribution is -2.18. The van der Waals surface area contributed by atoms with Gasteiger partial charge in [-0.25, -0.2) is 4.79 Å². The number of aromatic nitrogens is 1. The zero-order chi connectivity index (χ0) is 20.3. The number of carbonyl (C=O) groups excluding carboxylic acids is 2. The Morgan fingerprint density at radius 3 is 2.43 bits per heavy atom. The van der Waals surface area contributed by atoms with E-state index < -0.39 is 0 Å². The molecule has 1 unspecified atom stereocenters. The van der Waals surface area contributed by atoms with Crippen LogP contribution in [0.1, 0.15) is 89.2 Å². The molecule has 4 heteroatoms. The molecule has 3 rings (SSSR count). The summed E-state index contributed by atoms with van der Waals surface area (Å²) >= 11 is 0. The van der Waals surface area contributed by atoms with Gasteiger partial charge in [-0.3, -0.25) is 4.79 Å². The molecule has 4 nitrogen and oxygen atoms in total. The highest BCUT2D eigenvalue weighted by Gasteiger charge is 2.32. The molecule has 0 spiro atoms. The average Bonchev–Trinajstić information content (AvgIpc) is 3.05. The van der Waals surface area contributed by atoms with Crippen molar-refractivity contribution in [1.82, 2.24) is 4.98 Å². The van der Waals surface area contributed by atoms with Gasteiger partial charge in [0.05, 0.1) is 6.61 Å². The van der Waals surface area contributed by atoms with E-state index in [1.807, 2.05) is 6.92 Å². The average molecular weight is 382 g/mol. The predicted molar refractivity (Wildman–Crippen MR) is 111 cm³/mol. The summed E-state index contributed by atoms with van der Waals surface area (Å²) in [5.74, 6) is 0.289. The maximum Gasteiger partial charge on any atom is 0.355 e. The van der Waals surface area contributed by atoms with Crippen molar-refractivity contribution in [1.29, 1.82) is 0 Å². The Morgan fingerprint density at radius 2 is 1.82 bits per heavy atom. The Bertz CT molecular complexity index is 843. The molecule has 0 bridgehead atoms. The van der Waals surface area contributed by atoms with Crippen LogP contribution in [0.5, 0.6) is 0 Å². The van der Waals surface area contributed by atoms with Crippen LogP contribution in [0.3, 0.4) is 0 Å². The Kier molecular flexibility index (Phi) is 6.38. The van der Waals surface area contributed by atoms with E-state index in [4.69, 9.17) is 4.74 Å². The number of aryl methyl sites for hydroxylation is 1. The number of ether oxygens (including phenoxy) is 1. The SMILES string of the molecule is CCc1ccc(C2CC(=O)c3c([nH]c(C(=O)OCC(CC)CC)c3C)C2)cc1.